The van der Waals surface area contributed by atoms with Crippen molar-refractivity contribution in [1.82, 2.24) is 5.16 Å². The summed E-state index contributed by atoms with van der Waals surface area (Å²) < 4.78 is 23.2. The molecular weight excluding hydrogens is 388 g/mol. The number of para-hydroxylation sites is 1. The molecule has 6 nitrogen and oxygen atoms in total. The zero-order chi connectivity index (χ0) is 20.6. The number of ether oxygens (including phenoxy) is 1. The normalized spacial score (nSPS) is 11.8. The lowest BCUT2D eigenvalue weighted by Crippen LogP contribution is -2.14. The quantitative estimate of drug-likeness (QED) is 0.506. The van der Waals surface area contributed by atoms with E-state index in [0.717, 1.165) is 24.2 Å². The van der Waals surface area contributed by atoms with Crippen molar-refractivity contribution in [1.29, 1.82) is 0 Å². The fraction of sp³-hybridized carbons (Fsp3) is 0.273. The molecular formula is C22H24N2O4S. The number of hydrogen-bond donors (Lipinski definition) is 1. The second-order valence-electron chi connectivity index (χ2n) is 6.39. The number of unbranched alkanes of at least 4 members (excludes halogenated alkanes) is 1. The third-order valence-electron chi connectivity index (χ3n) is 4.29. The molecule has 3 rings (SSSR count). The predicted molar refractivity (Wildman–Crippen MR) is 114 cm³/mol. The van der Waals surface area contributed by atoms with Gasteiger partial charge in [0, 0.05) is 17.4 Å². The molecule has 0 radical (unpaired) electrons. The molecule has 0 aliphatic carbocycles. The number of carbonyl (C=O) groups is 1. The summed E-state index contributed by atoms with van der Waals surface area (Å²) in [6.45, 7) is 4.64. The number of aromatic nitrogens is 1. The summed E-state index contributed by atoms with van der Waals surface area (Å²) >= 11 is 0. The Morgan fingerprint density at radius 1 is 1.14 bits per heavy atom. The molecule has 1 amide bonds. The van der Waals surface area contributed by atoms with E-state index in [0.29, 0.717) is 28.7 Å². The van der Waals surface area contributed by atoms with Crippen molar-refractivity contribution in [2.75, 3.05) is 17.7 Å². The van der Waals surface area contributed by atoms with Crippen LogP contribution < -0.4 is 10.1 Å². The molecule has 0 spiro atoms. The summed E-state index contributed by atoms with van der Waals surface area (Å²) in [4.78, 5) is 13.2. The average molecular weight is 413 g/mol. The minimum Gasteiger partial charge on any atom is -0.494 e. The average Bonchev–Trinajstić information content (AvgIpc) is 3.25. The standard InChI is InChI=1S/C22H24N2O4S/c1-3-5-14-27-17-12-10-16(11-13-17)20-15-19(24-28-20)22(25)23-18-8-6-7-9-21(18)29(26)4-2/h6-13,15H,3-5,14H2,1-2H3,(H,23,25). The highest BCUT2D eigenvalue weighted by Gasteiger charge is 2.16. The van der Waals surface area contributed by atoms with Crippen molar-refractivity contribution in [3.8, 4) is 17.1 Å². The van der Waals surface area contributed by atoms with E-state index in [4.69, 9.17) is 9.26 Å². The molecule has 1 unspecified atom stereocenters. The zero-order valence-corrected chi connectivity index (χ0v) is 17.3. The Kier molecular flexibility index (Phi) is 7.19. The van der Waals surface area contributed by atoms with Crippen LogP contribution in [0.5, 0.6) is 5.75 Å². The maximum absolute atomic E-state index is 12.6. The first-order valence-corrected chi connectivity index (χ1v) is 10.9. The van der Waals surface area contributed by atoms with Crippen molar-refractivity contribution in [3.63, 3.8) is 0 Å². The van der Waals surface area contributed by atoms with Crippen LogP contribution in [0.2, 0.25) is 0 Å². The highest BCUT2D eigenvalue weighted by atomic mass is 32.2. The van der Waals surface area contributed by atoms with E-state index in [1.54, 1.807) is 30.3 Å². The highest BCUT2D eigenvalue weighted by Crippen LogP contribution is 2.25. The van der Waals surface area contributed by atoms with Crippen molar-refractivity contribution >= 4 is 22.4 Å². The van der Waals surface area contributed by atoms with Crippen molar-refractivity contribution in [2.24, 2.45) is 0 Å². The summed E-state index contributed by atoms with van der Waals surface area (Å²) in [5, 5.41) is 6.64. The van der Waals surface area contributed by atoms with Crippen LogP contribution in [0.15, 0.2) is 64.0 Å². The molecule has 1 aromatic heterocycles. The first-order chi connectivity index (χ1) is 14.1. The lowest BCUT2D eigenvalue weighted by atomic mass is 10.1. The Bertz CT molecular complexity index is 982. The van der Waals surface area contributed by atoms with Gasteiger partial charge in [-0.3, -0.25) is 9.00 Å². The van der Waals surface area contributed by atoms with Gasteiger partial charge in [0.05, 0.1) is 28.0 Å². The number of rotatable bonds is 9. The topological polar surface area (TPSA) is 81.4 Å². The SMILES string of the molecule is CCCCOc1ccc(-c2cc(C(=O)Nc3ccccc3S(=O)CC)no2)cc1. The number of benzene rings is 2. The van der Waals surface area contributed by atoms with Gasteiger partial charge >= 0.3 is 0 Å². The van der Waals surface area contributed by atoms with Gasteiger partial charge in [0.2, 0.25) is 0 Å². The van der Waals surface area contributed by atoms with Crippen LogP contribution in [-0.2, 0) is 10.8 Å². The van der Waals surface area contributed by atoms with Crippen molar-refractivity contribution < 1.29 is 18.3 Å². The first-order valence-electron chi connectivity index (χ1n) is 9.61. The molecule has 0 aliphatic heterocycles. The highest BCUT2D eigenvalue weighted by molar-refractivity contribution is 7.85. The number of hydrogen-bond acceptors (Lipinski definition) is 5. The summed E-state index contributed by atoms with van der Waals surface area (Å²) in [5.41, 5.74) is 1.46. The molecule has 0 bridgehead atoms. The molecule has 7 heteroatoms. The van der Waals surface area contributed by atoms with Gasteiger partial charge < -0.3 is 14.6 Å². The Hall–Kier alpha value is -2.93. The molecule has 1 atom stereocenters. The lowest BCUT2D eigenvalue weighted by molar-refractivity contribution is 0.101. The number of nitrogens with one attached hydrogen (secondary N) is 1. The van der Waals surface area contributed by atoms with Crippen LogP contribution in [0, 0.1) is 0 Å². The summed E-state index contributed by atoms with van der Waals surface area (Å²) in [6, 6.07) is 16.1. The second kappa shape index (κ2) is 10.0. The molecule has 0 aliphatic rings. The third-order valence-corrected chi connectivity index (χ3v) is 5.66. The molecule has 29 heavy (non-hydrogen) atoms. The number of nitrogens with zero attached hydrogens (tertiary/aromatic N) is 1. The molecule has 152 valence electrons. The van der Waals surface area contributed by atoms with E-state index >= 15 is 0 Å². The Labute approximate surface area is 172 Å². The van der Waals surface area contributed by atoms with E-state index in [2.05, 4.69) is 17.4 Å². The molecule has 0 fully saturated rings. The molecule has 0 saturated carbocycles. The minimum absolute atomic E-state index is 0.153. The van der Waals surface area contributed by atoms with Crippen LogP contribution in [0.1, 0.15) is 37.2 Å². The number of carbonyl (C=O) groups excluding carboxylic acids is 1. The van der Waals surface area contributed by atoms with Gasteiger partial charge in [-0.1, -0.05) is 37.6 Å². The van der Waals surface area contributed by atoms with Gasteiger partial charge in [-0.05, 0) is 42.8 Å². The maximum atomic E-state index is 12.6. The van der Waals surface area contributed by atoms with Crippen LogP contribution in [0.3, 0.4) is 0 Å². The maximum Gasteiger partial charge on any atom is 0.277 e. The smallest absolute Gasteiger partial charge is 0.277 e. The van der Waals surface area contributed by atoms with Gasteiger partial charge in [-0.2, -0.15) is 0 Å². The van der Waals surface area contributed by atoms with Gasteiger partial charge in [0.1, 0.15) is 5.75 Å². The minimum atomic E-state index is -1.18. The summed E-state index contributed by atoms with van der Waals surface area (Å²) in [6.07, 6.45) is 2.09. The monoisotopic (exact) mass is 412 g/mol. The molecule has 2 aromatic carbocycles. The molecule has 3 aromatic rings. The molecule has 0 saturated heterocycles. The van der Waals surface area contributed by atoms with Crippen LogP contribution >= 0.6 is 0 Å². The van der Waals surface area contributed by atoms with E-state index < -0.39 is 16.7 Å². The fourth-order valence-corrected chi connectivity index (χ4v) is 3.58. The second-order valence-corrected chi connectivity index (χ2v) is 8.10. The molecule has 1 N–H and O–H groups in total. The summed E-state index contributed by atoms with van der Waals surface area (Å²) in [7, 11) is -1.18. The number of amides is 1. The first kappa shape index (κ1) is 20.8. The summed E-state index contributed by atoms with van der Waals surface area (Å²) in [5.74, 6) is 1.33. The van der Waals surface area contributed by atoms with Crippen LogP contribution in [0.4, 0.5) is 5.69 Å². The van der Waals surface area contributed by atoms with Crippen LogP contribution in [-0.4, -0.2) is 27.6 Å². The fourth-order valence-electron chi connectivity index (χ4n) is 2.68. The largest absolute Gasteiger partial charge is 0.494 e. The van der Waals surface area contributed by atoms with Gasteiger partial charge in [-0.15, -0.1) is 0 Å². The molecule has 1 heterocycles. The van der Waals surface area contributed by atoms with E-state index in [1.807, 2.05) is 31.2 Å². The third kappa shape index (κ3) is 5.32. The Morgan fingerprint density at radius 3 is 2.62 bits per heavy atom. The lowest BCUT2D eigenvalue weighted by Gasteiger charge is -2.08. The Balaban J connectivity index is 1.70. The van der Waals surface area contributed by atoms with Crippen LogP contribution in [0.25, 0.3) is 11.3 Å². The van der Waals surface area contributed by atoms with E-state index in [-0.39, 0.29) is 5.69 Å². The van der Waals surface area contributed by atoms with E-state index in [9.17, 15) is 9.00 Å². The Morgan fingerprint density at radius 2 is 1.90 bits per heavy atom. The van der Waals surface area contributed by atoms with Crippen molar-refractivity contribution in [2.45, 2.75) is 31.6 Å². The number of anilines is 1. The van der Waals surface area contributed by atoms with Gasteiger partial charge in [-0.25, -0.2) is 0 Å². The predicted octanol–water partition coefficient (Wildman–Crippen LogP) is 4.90. The van der Waals surface area contributed by atoms with Gasteiger partial charge in [0.15, 0.2) is 11.5 Å². The zero-order valence-electron chi connectivity index (χ0n) is 16.5. The van der Waals surface area contributed by atoms with Crippen molar-refractivity contribution in [3.05, 3.63) is 60.3 Å². The van der Waals surface area contributed by atoms with E-state index in [1.165, 1.54) is 0 Å². The van der Waals surface area contributed by atoms with Gasteiger partial charge in [0.25, 0.3) is 5.91 Å².